The van der Waals surface area contributed by atoms with Gasteiger partial charge in [-0.05, 0) is 13.5 Å². The summed E-state index contributed by atoms with van der Waals surface area (Å²) in [6.07, 6.45) is 0.528. The van der Waals surface area contributed by atoms with Crippen molar-refractivity contribution in [1.82, 2.24) is 4.90 Å². The molecule has 104 valence electrons. The van der Waals surface area contributed by atoms with Gasteiger partial charge in [-0.15, -0.1) is 0 Å². The number of likely N-dealkylation sites (N-methyl/N-ethyl adjacent to an activating group) is 1. The van der Waals surface area contributed by atoms with Crippen LogP contribution in [0.1, 0.15) is 12.5 Å². The Bertz CT molecular complexity index is 462. The molecule has 0 spiro atoms. The number of carboxylic acid groups (broad SMARTS) is 1. The molecule has 0 saturated heterocycles. The molecule has 0 amide bonds. The Labute approximate surface area is 111 Å². The van der Waals surface area contributed by atoms with Crippen LogP contribution < -0.4 is 0 Å². The van der Waals surface area contributed by atoms with Crippen LogP contribution in [0.25, 0.3) is 0 Å². The van der Waals surface area contributed by atoms with Crippen molar-refractivity contribution in [2.75, 3.05) is 20.1 Å². The molecule has 1 unspecified atom stereocenters. The number of hydrogen-bond donors (Lipinski definition) is 1. The first kappa shape index (κ1) is 15.1. The van der Waals surface area contributed by atoms with Crippen molar-refractivity contribution in [1.29, 1.82) is 0 Å². The van der Waals surface area contributed by atoms with Crippen LogP contribution in [0.5, 0.6) is 0 Å². The van der Waals surface area contributed by atoms with Crippen LogP contribution in [0.2, 0.25) is 0 Å². The van der Waals surface area contributed by atoms with E-state index in [1.807, 2.05) is 11.9 Å². The van der Waals surface area contributed by atoms with E-state index in [1.165, 1.54) is 6.07 Å². The molecule has 6 heteroatoms. The summed E-state index contributed by atoms with van der Waals surface area (Å²) in [6, 6.07) is 6.61. The number of nitrogens with zero attached hydrogens (tertiary/aromatic N) is 2. The molecule has 0 fully saturated rings. The highest BCUT2D eigenvalue weighted by Crippen LogP contribution is 2.18. The predicted molar refractivity (Wildman–Crippen MR) is 71.1 cm³/mol. The molecule has 1 rings (SSSR count). The Morgan fingerprint density at radius 2 is 2.11 bits per heavy atom. The summed E-state index contributed by atoms with van der Waals surface area (Å²) in [5.41, 5.74) is 0.782. The van der Waals surface area contributed by atoms with Crippen LogP contribution in [-0.4, -0.2) is 41.0 Å². The second-order valence-electron chi connectivity index (χ2n) is 4.64. The summed E-state index contributed by atoms with van der Waals surface area (Å²) < 4.78 is 0. The third-order valence-corrected chi connectivity index (χ3v) is 2.96. The van der Waals surface area contributed by atoms with Gasteiger partial charge < -0.3 is 10.0 Å². The molecule has 0 bridgehead atoms. The first-order chi connectivity index (χ1) is 8.91. The van der Waals surface area contributed by atoms with Crippen molar-refractivity contribution in [2.24, 2.45) is 5.92 Å². The lowest BCUT2D eigenvalue weighted by atomic mass is 10.1. The van der Waals surface area contributed by atoms with E-state index in [0.717, 1.165) is 0 Å². The first-order valence-electron chi connectivity index (χ1n) is 6.05. The molecule has 0 saturated carbocycles. The zero-order chi connectivity index (χ0) is 14.4. The van der Waals surface area contributed by atoms with Crippen molar-refractivity contribution in [3.05, 3.63) is 39.9 Å². The number of para-hydroxylation sites is 1. The van der Waals surface area contributed by atoms with E-state index < -0.39 is 16.8 Å². The number of aliphatic carboxylic acids is 1. The number of nitro benzene ring substituents is 1. The topological polar surface area (TPSA) is 83.7 Å². The lowest BCUT2D eigenvalue weighted by molar-refractivity contribution is -0.385. The molecule has 0 radical (unpaired) electrons. The average Bonchev–Trinajstić information content (AvgIpc) is 2.36. The number of carbonyl (C=O) groups is 1. The maximum atomic E-state index is 10.8. The van der Waals surface area contributed by atoms with E-state index in [4.69, 9.17) is 5.11 Å². The van der Waals surface area contributed by atoms with Gasteiger partial charge in [-0.2, -0.15) is 0 Å². The molecule has 1 aromatic rings. The highest BCUT2D eigenvalue weighted by Gasteiger charge is 2.15. The van der Waals surface area contributed by atoms with Gasteiger partial charge in [0.05, 0.1) is 10.8 Å². The lowest BCUT2D eigenvalue weighted by Crippen LogP contribution is -2.30. The molecule has 0 aliphatic rings. The second-order valence-corrected chi connectivity index (χ2v) is 4.64. The van der Waals surface area contributed by atoms with E-state index >= 15 is 0 Å². The van der Waals surface area contributed by atoms with Crippen LogP contribution in [0, 0.1) is 16.0 Å². The Morgan fingerprint density at radius 3 is 2.68 bits per heavy atom. The molecule has 0 aromatic heterocycles. The Hall–Kier alpha value is -1.95. The summed E-state index contributed by atoms with van der Waals surface area (Å²) in [7, 11) is 1.81. The van der Waals surface area contributed by atoms with Gasteiger partial charge in [-0.1, -0.05) is 25.1 Å². The van der Waals surface area contributed by atoms with E-state index in [-0.39, 0.29) is 5.69 Å². The van der Waals surface area contributed by atoms with Gasteiger partial charge in [0, 0.05) is 24.7 Å². The number of rotatable bonds is 7. The summed E-state index contributed by atoms with van der Waals surface area (Å²) in [5.74, 6) is -1.28. The number of benzene rings is 1. The van der Waals surface area contributed by atoms with Crippen LogP contribution in [-0.2, 0) is 11.2 Å². The molecule has 19 heavy (non-hydrogen) atoms. The maximum absolute atomic E-state index is 10.8. The van der Waals surface area contributed by atoms with Crippen LogP contribution in [0.3, 0.4) is 0 Å². The Morgan fingerprint density at radius 1 is 1.47 bits per heavy atom. The molecule has 6 nitrogen and oxygen atoms in total. The molecule has 0 aliphatic heterocycles. The number of carboxylic acids is 1. The molecule has 0 aliphatic carbocycles. The molecular formula is C13H18N2O4. The van der Waals surface area contributed by atoms with E-state index in [2.05, 4.69) is 0 Å². The molecule has 0 heterocycles. The molecule has 1 atom stereocenters. The van der Waals surface area contributed by atoms with Gasteiger partial charge >= 0.3 is 5.97 Å². The summed E-state index contributed by atoms with van der Waals surface area (Å²) >= 11 is 0. The lowest BCUT2D eigenvalue weighted by Gasteiger charge is -2.18. The minimum Gasteiger partial charge on any atom is -0.481 e. The molecular weight excluding hydrogens is 248 g/mol. The van der Waals surface area contributed by atoms with Crippen molar-refractivity contribution < 1.29 is 14.8 Å². The summed E-state index contributed by atoms with van der Waals surface area (Å²) in [6.45, 7) is 2.65. The van der Waals surface area contributed by atoms with Crippen molar-refractivity contribution in [2.45, 2.75) is 13.3 Å². The normalized spacial score (nSPS) is 12.4. The Balaban J connectivity index is 2.57. The highest BCUT2D eigenvalue weighted by molar-refractivity contribution is 5.69. The SMILES string of the molecule is CC(CN(C)CCc1ccccc1[N+](=O)[O-])C(=O)O. The van der Waals surface area contributed by atoms with Gasteiger partial charge in [0.25, 0.3) is 5.69 Å². The summed E-state index contributed by atoms with van der Waals surface area (Å²) in [4.78, 5) is 23.1. The van der Waals surface area contributed by atoms with Crippen LogP contribution in [0.4, 0.5) is 5.69 Å². The summed E-state index contributed by atoms with van der Waals surface area (Å²) in [5, 5.41) is 19.7. The molecule has 1 N–H and O–H groups in total. The standard InChI is InChI=1S/C13H18N2O4/c1-10(13(16)17)9-14(2)8-7-11-5-3-4-6-12(11)15(18)19/h3-6,10H,7-9H2,1-2H3,(H,16,17). The van der Waals surface area contributed by atoms with E-state index in [0.29, 0.717) is 25.1 Å². The number of hydrogen-bond acceptors (Lipinski definition) is 4. The third-order valence-electron chi connectivity index (χ3n) is 2.96. The average molecular weight is 266 g/mol. The zero-order valence-electron chi connectivity index (χ0n) is 11.1. The quantitative estimate of drug-likeness (QED) is 0.601. The monoisotopic (exact) mass is 266 g/mol. The van der Waals surface area contributed by atoms with Crippen molar-refractivity contribution in [3.63, 3.8) is 0 Å². The fraction of sp³-hybridized carbons (Fsp3) is 0.462. The second kappa shape index (κ2) is 6.84. The van der Waals surface area contributed by atoms with Crippen LogP contribution >= 0.6 is 0 Å². The minimum atomic E-state index is -0.836. The van der Waals surface area contributed by atoms with Gasteiger partial charge in [0.1, 0.15) is 0 Å². The van der Waals surface area contributed by atoms with E-state index in [9.17, 15) is 14.9 Å². The highest BCUT2D eigenvalue weighted by atomic mass is 16.6. The van der Waals surface area contributed by atoms with Gasteiger partial charge in [-0.3, -0.25) is 14.9 Å². The van der Waals surface area contributed by atoms with Gasteiger partial charge in [0.2, 0.25) is 0 Å². The van der Waals surface area contributed by atoms with Gasteiger partial charge in [-0.25, -0.2) is 0 Å². The Kier molecular flexibility index (Phi) is 5.44. The van der Waals surface area contributed by atoms with Crippen LogP contribution in [0.15, 0.2) is 24.3 Å². The largest absolute Gasteiger partial charge is 0.481 e. The minimum absolute atomic E-state index is 0.113. The number of nitro groups is 1. The molecule has 1 aromatic carbocycles. The third kappa shape index (κ3) is 4.67. The smallest absolute Gasteiger partial charge is 0.307 e. The fourth-order valence-electron chi connectivity index (χ4n) is 1.85. The predicted octanol–water partition coefficient (Wildman–Crippen LogP) is 1.79. The zero-order valence-corrected chi connectivity index (χ0v) is 11.1. The maximum Gasteiger partial charge on any atom is 0.307 e. The van der Waals surface area contributed by atoms with Crippen molar-refractivity contribution in [3.8, 4) is 0 Å². The fourth-order valence-corrected chi connectivity index (χ4v) is 1.85. The first-order valence-corrected chi connectivity index (χ1v) is 6.05. The van der Waals surface area contributed by atoms with E-state index in [1.54, 1.807) is 25.1 Å². The van der Waals surface area contributed by atoms with Crippen molar-refractivity contribution >= 4 is 11.7 Å². The van der Waals surface area contributed by atoms with Gasteiger partial charge in [0.15, 0.2) is 0 Å².